The van der Waals surface area contributed by atoms with Crippen molar-refractivity contribution in [2.45, 2.75) is 0 Å². The van der Waals surface area contributed by atoms with Gasteiger partial charge in [0.1, 0.15) is 11.2 Å². The number of aromatic nitrogens is 3. The van der Waals surface area contributed by atoms with Gasteiger partial charge < -0.3 is 4.42 Å². The van der Waals surface area contributed by atoms with Crippen molar-refractivity contribution in [3.8, 4) is 28.3 Å². The number of rotatable bonds is 3. The molecule has 0 unspecified atom stereocenters. The Morgan fingerprint density at radius 1 is 0.413 bits per heavy atom. The number of benzene rings is 7. The summed E-state index contributed by atoms with van der Waals surface area (Å²) in [5.74, 6) is 0.638. The summed E-state index contributed by atoms with van der Waals surface area (Å²) in [5, 5.41) is 7.95. The molecule has 46 heavy (non-hydrogen) atoms. The molecule has 0 N–H and O–H groups in total. The highest BCUT2D eigenvalue weighted by atomic mass is 16.3. The Bertz CT molecular complexity index is 2810. The van der Waals surface area contributed by atoms with E-state index in [0.717, 1.165) is 66.3 Å². The van der Waals surface area contributed by atoms with Crippen LogP contribution in [-0.4, -0.2) is 14.5 Å². The second kappa shape index (κ2) is 9.62. The van der Waals surface area contributed by atoms with Gasteiger partial charge in [0.25, 0.3) is 0 Å². The topological polar surface area (TPSA) is 43.9 Å². The molecule has 0 aliphatic carbocycles. The SMILES string of the molecule is c1ccc(-c2ccc3c(-c4ccc5c(c4)oc4ccccc45)nc(-n4c5ccccc5c5cc6ccccc6cc54)nc3c2)cc1. The zero-order valence-electron chi connectivity index (χ0n) is 24.7. The summed E-state index contributed by atoms with van der Waals surface area (Å²) in [4.78, 5) is 10.7. The van der Waals surface area contributed by atoms with Gasteiger partial charge in [-0.15, -0.1) is 0 Å². The van der Waals surface area contributed by atoms with E-state index in [1.165, 1.54) is 21.5 Å². The lowest BCUT2D eigenvalue weighted by molar-refractivity contribution is 0.669. The monoisotopic (exact) mass is 587 g/mol. The Balaban J connectivity index is 1.29. The van der Waals surface area contributed by atoms with E-state index in [1.54, 1.807) is 0 Å². The first-order chi connectivity index (χ1) is 22.8. The minimum absolute atomic E-state index is 0.638. The first-order valence-corrected chi connectivity index (χ1v) is 15.5. The van der Waals surface area contributed by atoms with Crippen molar-refractivity contribution in [3.05, 3.63) is 152 Å². The summed E-state index contributed by atoms with van der Waals surface area (Å²) in [6.45, 7) is 0. The van der Waals surface area contributed by atoms with Gasteiger partial charge in [-0.2, -0.15) is 0 Å². The van der Waals surface area contributed by atoms with E-state index in [2.05, 4.69) is 138 Å². The van der Waals surface area contributed by atoms with Crippen LogP contribution in [0, 0.1) is 0 Å². The van der Waals surface area contributed by atoms with Crippen LogP contribution in [0.3, 0.4) is 0 Å². The zero-order valence-corrected chi connectivity index (χ0v) is 24.7. The first kappa shape index (κ1) is 25.1. The van der Waals surface area contributed by atoms with Crippen LogP contribution >= 0.6 is 0 Å². The van der Waals surface area contributed by atoms with Crippen molar-refractivity contribution in [1.82, 2.24) is 14.5 Å². The lowest BCUT2D eigenvalue weighted by Crippen LogP contribution is -2.03. The van der Waals surface area contributed by atoms with Crippen LogP contribution in [0.25, 0.3) is 93.8 Å². The molecule has 214 valence electrons. The number of fused-ring (bicyclic) bond motifs is 8. The molecule has 0 saturated heterocycles. The Morgan fingerprint density at radius 3 is 2.00 bits per heavy atom. The third-order valence-corrected chi connectivity index (χ3v) is 9.18. The van der Waals surface area contributed by atoms with Gasteiger partial charge in [-0.05, 0) is 70.4 Å². The molecule has 0 radical (unpaired) electrons. The van der Waals surface area contributed by atoms with E-state index in [0.29, 0.717) is 5.95 Å². The summed E-state index contributed by atoms with van der Waals surface area (Å²) in [5.41, 5.74) is 8.89. The summed E-state index contributed by atoms with van der Waals surface area (Å²) >= 11 is 0. The predicted octanol–water partition coefficient (Wildman–Crippen LogP) is 11.1. The highest BCUT2D eigenvalue weighted by Crippen LogP contribution is 2.38. The minimum Gasteiger partial charge on any atom is -0.456 e. The Morgan fingerprint density at radius 2 is 1.11 bits per heavy atom. The van der Waals surface area contributed by atoms with Crippen LogP contribution in [0.4, 0.5) is 0 Å². The minimum atomic E-state index is 0.638. The molecule has 10 aromatic rings. The van der Waals surface area contributed by atoms with Gasteiger partial charge in [-0.1, -0.05) is 103 Å². The van der Waals surface area contributed by atoms with Crippen molar-refractivity contribution in [2.24, 2.45) is 0 Å². The summed E-state index contributed by atoms with van der Waals surface area (Å²) < 4.78 is 8.53. The van der Waals surface area contributed by atoms with Crippen molar-refractivity contribution in [1.29, 1.82) is 0 Å². The zero-order chi connectivity index (χ0) is 30.2. The number of para-hydroxylation sites is 2. The average Bonchev–Trinajstić information content (AvgIpc) is 3.65. The van der Waals surface area contributed by atoms with Gasteiger partial charge in [0, 0.05) is 32.5 Å². The largest absolute Gasteiger partial charge is 0.456 e. The molecule has 3 heterocycles. The van der Waals surface area contributed by atoms with Gasteiger partial charge in [0.15, 0.2) is 0 Å². The Labute approximate surface area is 263 Å². The predicted molar refractivity (Wildman–Crippen MR) is 190 cm³/mol. The summed E-state index contributed by atoms with van der Waals surface area (Å²) in [6, 6.07) is 53.2. The fraction of sp³-hybridized carbons (Fsp3) is 0. The molecule has 10 rings (SSSR count). The van der Waals surface area contributed by atoms with E-state index >= 15 is 0 Å². The second-order valence-electron chi connectivity index (χ2n) is 11.8. The second-order valence-corrected chi connectivity index (χ2v) is 11.8. The van der Waals surface area contributed by atoms with Crippen LogP contribution in [0.1, 0.15) is 0 Å². The third-order valence-electron chi connectivity index (χ3n) is 9.18. The lowest BCUT2D eigenvalue weighted by atomic mass is 10.0. The Kier molecular flexibility index (Phi) is 5.25. The van der Waals surface area contributed by atoms with Gasteiger partial charge in [0.2, 0.25) is 5.95 Å². The van der Waals surface area contributed by atoms with Crippen LogP contribution in [0.2, 0.25) is 0 Å². The third kappa shape index (κ3) is 3.74. The van der Waals surface area contributed by atoms with Crippen LogP contribution in [0.5, 0.6) is 0 Å². The Hall–Kier alpha value is -6.26. The first-order valence-electron chi connectivity index (χ1n) is 15.5. The molecule has 0 atom stereocenters. The number of hydrogen-bond acceptors (Lipinski definition) is 3. The van der Waals surface area contributed by atoms with Crippen molar-refractivity contribution < 1.29 is 4.42 Å². The number of nitrogens with zero attached hydrogens (tertiary/aromatic N) is 3. The molecule has 0 aliphatic rings. The van der Waals surface area contributed by atoms with Crippen molar-refractivity contribution >= 4 is 65.4 Å². The molecule has 0 spiro atoms. The van der Waals surface area contributed by atoms with Crippen LogP contribution in [-0.2, 0) is 0 Å². The maximum absolute atomic E-state index is 6.31. The maximum Gasteiger partial charge on any atom is 0.235 e. The average molecular weight is 588 g/mol. The molecule has 0 bridgehead atoms. The highest BCUT2D eigenvalue weighted by Gasteiger charge is 2.19. The fourth-order valence-corrected chi connectivity index (χ4v) is 6.99. The molecule has 0 aliphatic heterocycles. The molecule has 0 fully saturated rings. The molecule has 4 heteroatoms. The molecule has 0 amide bonds. The summed E-state index contributed by atoms with van der Waals surface area (Å²) in [6.07, 6.45) is 0. The lowest BCUT2D eigenvalue weighted by Gasteiger charge is -2.13. The number of hydrogen-bond donors (Lipinski definition) is 0. The van der Waals surface area contributed by atoms with Crippen molar-refractivity contribution in [3.63, 3.8) is 0 Å². The van der Waals surface area contributed by atoms with Gasteiger partial charge in [-0.25, -0.2) is 9.97 Å². The van der Waals surface area contributed by atoms with Crippen LogP contribution in [0.15, 0.2) is 156 Å². The standard InChI is InChI=1S/C42H25N3O/c1-2-10-26(11-3-1)29-18-21-34-36(23-29)43-42(44-41(34)30-19-20-33-32-15-7-9-17-39(32)46-40(33)25-30)45-37-16-8-6-14-31(37)35-22-27-12-4-5-13-28(27)24-38(35)45/h1-25H. The smallest absolute Gasteiger partial charge is 0.235 e. The molecule has 3 aromatic heterocycles. The normalized spacial score (nSPS) is 11.9. The van der Waals surface area contributed by atoms with E-state index in [9.17, 15) is 0 Å². The van der Waals surface area contributed by atoms with E-state index in [-0.39, 0.29) is 0 Å². The molecule has 4 nitrogen and oxygen atoms in total. The fourth-order valence-electron chi connectivity index (χ4n) is 6.99. The highest BCUT2D eigenvalue weighted by molar-refractivity contribution is 6.13. The van der Waals surface area contributed by atoms with E-state index in [4.69, 9.17) is 14.4 Å². The molecular weight excluding hydrogens is 562 g/mol. The maximum atomic E-state index is 6.31. The van der Waals surface area contributed by atoms with Gasteiger partial charge in [0.05, 0.1) is 22.2 Å². The summed E-state index contributed by atoms with van der Waals surface area (Å²) in [7, 11) is 0. The van der Waals surface area contributed by atoms with Gasteiger partial charge >= 0.3 is 0 Å². The quantitative estimate of drug-likeness (QED) is 0.207. The number of furan rings is 1. The van der Waals surface area contributed by atoms with Crippen LogP contribution < -0.4 is 0 Å². The molecule has 0 saturated carbocycles. The van der Waals surface area contributed by atoms with Gasteiger partial charge in [-0.3, -0.25) is 4.57 Å². The van der Waals surface area contributed by atoms with E-state index in [1.807, 2.05) is 18.2 Å². The molecule has 7 aromatic carbocycles. The van der Waals surface area contributed by atoms with Crippen molar-refractivity contribution in [2.75, 3.05) is 0 Å². The molecular formula is C42H25N3O. The van der Waals surface area contributed by atoms with E-state index < -0.39 is 0 Å².